The van der Waals surface area contributed by atoms with Crippen LogP contribution in [0.3, 0.4) is 0 Å². The summed E-state index contributed by atoms with van der Waals surface area (Å²) in [6, 6.07) is 14.8. The second kappa shape index (κ2) is 9.58. The Labute approximate surface area is 177 Å². The third-order valence-electron chi connectivity index (χ3n) is 6.27. The second-order valence-corrected chi connectivity index (χ2v) is 8.06. The maximum absolute atomic E-state index is 13.5. The van der Waals surface area contributed by atoms with Crippen LogP contribution in [0.25, 0.3) is 0 Å². The van der Waals surface area contributed by atoms with E-state index < -0.39 is 0 Å². The van der Waals surface area contributed by atoms with Crippen molar-refractivity contribution >= 4 is 5.91 Å². The number of hydrogen-bond acceptors (Lipinski definition) is 4. The molecule has 3 atom stereocenters. The average molecular weight is 413 g/mol. The number of hydrogen-bond donors (Lipinski definition) is 1. The molecule has 4 rings (SSSR count). The number of nitrogens with zero attached hydrogens (tertiary/aromatic N) is 1. The Balaban J connectivity index is 1.49. The molecule has 5 nitrogen and oxygen atoms in total. The van der Waals surface area contributed by atoms with Crippen LogP contribution in [0, 0.1) is 11.7 Å². The van der Waals surface area contributed by atoms with Crippen molar-refractivity contribution in [2.75, 3.05) is 33.4 Å². The third kappa shape index (κ3) is 4.65. The second-order valence-electron chi connectivity index (χ2n) is 8.06. The van der Waals surface area contributed by atoms with Gasteiger partial charge in [-0.05, 0) is 42.5 Å². The summed E-state index contributed by atoms with van der Waals surface area (Å²) in [5.74, 6) is 0.770. The van der Waals surface area contributed by atoms with Gasteiger partial charge in [-0.1, -0.05) is 30.3 Å². The van der Waals surface area contributed by atoms with Gasteiger partial charge in [0.2, 0.25) is 5.91 Å². The van der Waals surface area contributed by atoms with Gasteiger partial charge in [0.05, 0.1) is 20.3 Å². The molecule has 6 heteroatoms. The van der Waals surface area contributed by atoms with Gasteiger partial charge in [-0.25, -0.2) is 4.39 Å². The van der Waals surface area contributed by atoms with E-state index in [-0.39, 0.29) is 29.6 Å². The minimum absolute atomic E-state index is 0.0797. The van der Waals surface area contributed by atoms with Gasteiger partial charge in [0.1, 0.15) is 11.6 Å². The van der Waals surface area contributed by atoms with Crippen LogP contribution in [0.1, 0.15) is 29.9 Å². The van der Waals surface area contributed by atoms with E-state index in [1.165, 1.54) is 12.1 Å². The highest BCUT2D eigenvalue weighted by molar-refractivity contribution is 5.80. The number of benzene rings is 2. The fourth-order valence-electron chi connectivity index (χ4n) is 4.68. The highest BCUT2D eigenvalue weighted by atomic mass is 19.1. The predicted molar refractivity (Wildman–Crippen MR) is 113 cm³/mol. The van der Waals surface area contributed by atoms with Crippen LogP contribution in [0.4, 0.5) is 4.39 Å². The number of methoxy groups -OCH3 is 1. The van der Waals surface area contributed by atoms with Crippen molar-refractivity contribution in [1.82, 2.24) is 10.2 Å². The number of carbonyl (C=O) groups excluding carboxylic acids is 1. The molecule has 0 spiro atoms. The van der Waals surface area contributed by atoms with Gasteiger partial charge in [-0.2, -0.15) is 0 Å². The van der Waals surface area contributed by atoms with Gasteiger partial charge in [0.25, 0.3) is 0 Å². The molecular weight excluding hydrogens is 383 g/mol. The van der Waals surface area contributed by atoms with E-state index in [2.05, 4.69) is 11.4 Å². The summed E-state index contributed by atoms with van der Waals surface area (Å²) in [7, 11) is 1.68. The highest BCUT2D eigenvalue weighted by Crippen LogP contribution is 2.41. The molecule has 1 aliphatic heterocycles. The van der Waals surface area contributed by atoms with Crippen molar-refractivity contribution in [2.45, 2.75) is 31.3 Å². The fraction of sp³-hybridized carbons (Fsp3) is 0.458. The number of para-hydroxylation sites is 1. The monoisotopic (exact) mass is 412 g/mol. The Bertz CT molecular complexity index is 852. The molecule has 1 saturated carbocycles. The first kappa shape index (κ1) is 20.8. The van der Waals surface area contributed by atoms with Gasteiger partial charge in [-0.3, -0.25) is 4.79 Å². The lowest BCUT2D eigenvalue weighted by Gasteiger charge is -2.31. The van der Waals surface area contributed by atoms with Gasteiger partial charge < -0.3 is 19.7 Å². The zero-order valence-corrected chi connectivity index (χ0v) is 17.4. The van der Waals surface area contributed by atoms with Gasteiger partial charge >= 0.3 is 0 Å². The molecule has 2 fully saturated rings. The van der Waals surface area contributed by atoms with E-state index in [1.54, 1.807) is 7.11 Å². The number of ether oxygens (including phenoxy) is 2. The smallest absolute Gasteiger partial charge is 0.226 e. The lowest BCUT2D eigenvalue weighted by atomic mass is 9.88. The van der Waals surface area contributed by atoms with Crippen molar-refractivity contribution in [3.05, 3.63) is 65.5 Å². The average Bonchev–Trinajstić information content (AvgIpc) is 3.22. The first-order valence-corrected chi connectivity index (χ1v) is 10.6. The summed E-state index contributed by atoms with van der Waals surface area (Å²) in [6.07, 6.45) is 1.62. The van der Waals surface area contributed by atoms with Crippen LogP contribution in [0.5, 0.6) is 5.75 Å². The standard InChI is InChI=1S/C24H29FN2O3/c1-29-23-5-3-2-4-18(23)16-26-20-14-21(17-6-8-19(25)9-7-17)22(15-20)24(28)27-10-12-30-13-11-27/h2-9,20-22,26H,10-16H2,1H3/t20-,21+,22-/m0/s1. The quantitative estimate of drug-likeness (QED) is 0.791. The topological polar surface area (TPSA) is 50.8 Å². The number of carbonyl (C=O) groups is 1. The zero-order valence-electron chi connectivity index (χ0n) is 17.4. The first-order chi connectivity index (χ1) is 14.7. The van der Waals surface area contributed by atoms with Crippen LogP contribution in [-0.4, -0.2) is 50.3 Å². The number of halogens is 1. The van der Waals surface area contributed by atoms with Crippen molar-refractivity contribution in [3.8, 4) is 5.75 Å². The molecule has 160 valence electrons. The zero-order chi connectivity index (χ0) is 20.9. The molecule has 1 amide bonds. The van der Waals surface area contributed by atoms with Crippen molar-refractivity contribution in [2.24, 2.45) is 5.92 Å². The highest BCUT2D eigenvalue weighted by Gasteiger charge is 2.41. The Morgan fingerprint density at radius 3 is 2.60 bits per heavy atom. The summed E-state index contributed by atoms with van der Waals surface area (Å²) >= 11 is 0. The SMILES string of the molecule is COc1ccccc1CN[C@@H]1C[C@H](C(=O)N2CCOCC2)[C@@H](c2ccc(F)cc2)C1. The summed E-state index contributed by atoms with van der Waals surface area (Å²) in [6.45, 7) is 3.16. The normalized spacial score (nSPS) is 24.1. The lowest BCUT2D eigenvalue weighted by Crippen LogP contribution is -2.44. The number of morpholine rings is 1. The third-order valence-corrected chi connectivity index (χ3v) is 6.27. The largest absolute Gasteiger partial charge is 0.496 e. The molecule has 0 unspecified atom stereocenters. The molecule has 2 aliphatic rings. The molecule has 1 saturated heterocycles. The van der Waals surface area contributed by atoms with E-state index in [4.69, 9.17) is 9.47 Å². The molecular formula is C24H29FN2O3. The van der Waals surface area contributed by atoms with Crippen LogP contribution >= 0.6 is 0 Å². The maximum Gasteiger partial charge on any atom is 0.226 e. The number of rotatable bonds is 6. The molecule has 30 heavy (non-hydrogen) atoms. The number of amides is 1. The van der Waals surface area contributed by atoms with Crippen LogP contribution < -0.4 is 10.1 Å². The van der Waals surface area contributed by atoms with Crippen molar-refractivity contribution in [3.63, 3.8) is 0 Å². The van der Waals surface area contributed by atoms with E-state index in [1.807, 2.05) is 35.2 Å². The summed E-state index contributed by atoms with van der Waals surface area (Å²) in [4.78, 5) is 15.2. The summed E-state index contributed by atoms with van der Waals surface area (Å²) in [5.41, 5.74) is 2.13. The van der Waals surface area contributed by atoms with E-state index >= 15 is 0 Å². The summed E-state index contributed by atoms with van der Waals surface area (Å²) in [5, 5.41) is 3.62. The summed E-state index contributed by atoms with van der Waals surface area (Å²) < 4.78 is 24.3. The van der Waals surface area contributed by atoms with E-state index in [0.717, 1.165) is 29.7 Å². The Morgan fingerprint density at radius 2 is 1.87 bits per heavy atom. The van der Waals surface area contributed by atoms with Crippen LogP contribution in [-0.2, 0) is 16.1 Å². The molecule has 2 aromatic rings. The lowest BCUT2D eigenvalue weighted by molar-refractivity contribution is -0.140. The Morgan fingerprint density at radius 1 is 1.13 bits per heavy atom. The molecule has 1 N–H and O–H groups in total. The number of nitrogens with one attached hydrogen (secondary N) is 1. The van der Waals surface area contributed by atoms with Gasteiger partial charge in [0.15, 0.2) is 0 Å². The minimum Gasteiger partial charge on any atom is -0.496 e. The Hall–Kier alpha value is -2.44. The van der Waals surface area contributed by atoms with E-state index in [9.17, 15) is 9.18 Å². The molecule has 1 heterocycles. The van der Waals surface area contributed by atoms with Gasteiger partial charge in [-0.15, -0.1) is 0 Å². The van der Waals surface area contributed by atoms with Crippen molar-refractivity contribution in [1.29, 1.82) is 0 Å². The first-order valence-electron chi connectivity index (χ1n) is 10.6. The minimum atomic E-state index is -0.251. The van der Waals surface area contributed by atoms with E-state index in [0.29, 0.717) is 32.8 Å². The Kier molecular flexibility index (Phi) is 6.65. The van der Waals surface area contributed by atoms with Crippen LogP contribution in [0.15, 0.2) is 48.5 Å². The molecule has 0 bridgehead atoms. The van der Waals surface area contributed by atoms with Crippen LogP contribution in [0.2, 0.25) is 0 Å². The molecule has 1 aliphatic carbocycles. The van der Waals surface area contributed by atoms with Crippen molar-refractivity contribution < 1.29 is 18.7 Å². The molecule has 0 aromatic heterocycles. The molecule has 0 radical (unpaired) electrons. The predicted octanol–water partition coefficient (Wildman–Crippen LogP) is 3.35. The van der Waals surface area contributed by atoms with Gasteiger partial charge in [0, 0.05) is 37.2 Å². The maximum atomic E-state index is 13.5. The molecule has 2 aromatic carbocycles. The fourth-order valence-corrected chi connectivity index (χ4v) is 4.68.